The van der Waals surface area contributed by atoms with Gasteiger partial charge in [-0.25, -0.2) is 10.3 Å². The van der Waals surface area contributed by atoms with Gasteiger partial charge in [0.25, 0.3) is 11.6 Å². The Bertz CT molecular complexity index is 1870. The molecule has 10 heteroatoms. The van der Waals surface area contributed by atoms with E-state index in [2.05, 4.69) is 10.5 Å². The van der Waals surface area contributed by atoms with E-state index < -0.39 is 45.8 Å². The molecule has 4 aromatic rings. The molecule has 1 saturated heterocycles. The van der Waals surface area contributed by atoms with Gasteiger partial charge in [0, 0.05) is 23.9 Å². The summed E-state index contributed by atoms with van der Waals surface area (Å²) < 4.78 is 0. The predicted molar refractivity (Wildman–Crippen MR) is 160 cm³/mol. The van der Waals surface area contributed by atoms with Crippen molar-refractivity contribution in [2.24, 2.45) is 16.9 Å². The molecule has 3 amide bonds. The molecule has 212 valence electrons. The van der Waals surface area contributed by atoms with Crippen LogP contribution in [0.5, 0.6) is 0 Å². The number of nitrogens with one attached hydrogen (secondary N) is 1. The molecule has 0 radical (unpaired) electrons. The average Bonchev–Trinajstić information content (AvgIpc) is 3.28. The third-order valence-electron chi connectivity index (χ3n) is 8.89. The number of amides is 3. The summed E-state index contributed by atoms with van der Waals surface area (Å²) in [5, 5.41) is 16.4. The van der Waals surface area contributed by atoms with Crippen molar-refractivity contribution < 1.29 is 19.3 Å². The number of imide groups is 1. The summed E-state index contributed by atoms with van der Waals surface area (Å²) >= 11 is 0. The van der Waals surface area contributed by atoms with Gasteiger partial charge in [0.2, 0.25) is 11.8 Å². The minimum absolute atomic E-state index is 0.0625. The molecule has 10 nitrogen and oxygen atoms in total. The van der Waals surface area contributed by atoms with E-state index in [1.807, 2.05) is 48.5 Å². The maximum Gasteiger partial charge on any atom is 0.293 e. The molecule has 1 fully saturated rings. The van der Waals surface area contributed by atoms with Crippen molar-refractivity contribution in [3.05, 3.63) is 134 Å². The van der Waals surface area contributed by atoms with E-state index in [1.165, 1.54) is 18.3 Å². The maximum absolute atomic E-state index is 14.5. The Hall–Kier alpha value is -5.64. The molecule has 0 unspecified atom stereocenters. The molecule has 1 aliphatic heterocycles. The molecule has 2 atom stereocenters. The van der Waals surface area contributed by atoms with E-state index in [9.17, 15) is 24.5 Å². The van der Waals surface area contributed by atoms with Crippen LogP contribution < -0.4 is 16.1 Å². The maximum atomic E-state index is 14.5. The fraction of sp³-hybridized carbons (Fsp3) is 0.152. The van der Waals surface area contributed by atoms with Crippen LogP contribution in [-0.4, -0.2) is 28.9 Å². The van der Waals surface area contributed by atoms with E-state index in [0.29, 0.717) is 5.56 Å². The van der Waals surface area contributed by atoms with Crippen LogP contribution in [0.4, 0.5) is 17.1 Å². The Morgan fingerprint density at radius 3 is 2.23 bits per heavy atom. The van der Waals surface area contributed by atoms with Crippen molar-refractivity contribution >= 4 is 41.0 Å². The fourth-order valence-corrected chi connectivity index (χ4v) is 7.21. The quantitative estimate of drug-likeness (QED) is 0.119. The van der Waals surface area contributed by atoms with Gasteiger partial charge in [0.15, 0.2) is 0 Å². The summed E-state index contributed by atoms with van der Waals surface area (Å²) in [4.78, 5) is 54.3. The summed E-state index contributed by atoms with van der Waals surface area (Å²) in [5.41, 5.74) is 11.4. The molecule has 8 rings (SSSR count). The van der Waals surface area contributed by atoms with Crippen LogP contribution >= 0.6 is 0 Å². The number of nitrogen functional groups attached to an aromatic ring is 1. The average molecular weight is 572 g/mol. The second kappa shape index (κ2) is 9.45. The van der Waals surface area contributed by atoms with Gasteiger partial charge in [-0.15, -0.1) is 0 Å². The number of aryl methyl sites for hydroxylation is 1. The topological polar surface area (TPSA) is 148 Å². The van der Waals surface area contributed by atoms with Crippen LogP contribution in [0.25, 0.3) is 0 Å². The lowest BCUT2D eigenvalue weighted by atomic mass is 9.47. The molecule has 4 aromatic carbocycles. The number of nitrogens with two attached hydrogens (primary N) is 1. The summed E-state index contributed by atoms with van der Waals surface area (Å²) in [7, 11) is 0. The van der Waals surface area contributed by atoms with Crippen LogP contribution in [0.3, 0.4) is 0 Å². The lowest BCUT2D eigenvalue weighted by molar-refractivity contribution is -0.384. The second-order valence-electron chi connectivity index (χ2n) is 11.1. The summed E-state index contributed by atoms with van der Waals surface area (Å²) in [6.07, 6.45) is 1.53. The molecule has 2 bridgehead atoms. The SMILES string of the molecule is Cc1ccc(N2C(=O)[C@@H]3C4c5ccccc5C(/C=N\NC(=O)c5ccccc5N)(c5ccccc54)[C@@H]3C2=O)c([N+](=O)[O-])c1. The number of nitro groups is 1. The van der Waals surface area contributed by atoms with Crippen molar-refractivity contribution in [3.8, 4) is 0 Å². The number of para-hydroxylation sites is 1. The highest BCUT2D eigenvalue weighted by Crippen LogP contribution is 2.64. The highest BCUT2D eigenvalue weighted by molar-refractivity contribution is 6.25. The van der Waals surface area contributed by atoms with Gasteiger partial charge in [-0.3, -0.25) is 24.5 Å². The van der Waals surface area contributed by atoms with Crippen LogP contribution in [-0.2, 0) is 15.0 Å². The molecule has 0 saturated carbocycles. The number of benzene rings is 4. The Morgan fingerprint density at radius 1 is 0.953 bits per heavy atom. The Morgan fingerprint density at radius 2 is 1.58 bits per heavy atom. The first-order valence-corrected chi connectivity index (χ1v) is 13.8. The number of rotatable bonds is 5. The number of hydrogen-bond acceptors (Lipinski definition) is 7. The number of anilines is 2. The number of hydrogen-bond donors (Lipinski definition) is 2. The van der Waals surface area contributed by atoms with E-state index in [1.54, 1.807) is 37.3 Å². The summed E-state index contributed by atoms with van der Waals surface area (Å²) in [6, 6.07) is 26.2. The Labute approximate surface area is 246 Å². The van der Waals surface area contributed by atoms with E-state index in [4.69, 9.17) is 5.73 Å². The van der Waals surface area contributed by atoms with Crippen molar-refractivity contribution in [1.29, 1.82) is 0 Å². The number of nitro benzene ring substituents is 1. The van der Waals surface area contributed by atoms with Gasteiger partial charge in [-0.05, 0) is 52.9 Å². The first-order valence-electron chi connectivity index (χ1n) is 13.8. The second-order valence-corrected chi connectivity index (χ2v) is 11.1. The summed E-state index contributed by atoms with van der Waals surface area (Å²) in [5.74, 6) is -3.84. The van der Waals surface area contributed by atoms with Crippen molar-refractivity contribution in [2.45, 2.75) is 18.3 Å². The molecule has 1 heterocycles. The predicted octanol–water partition coefficient (Wildman–Crippen LogP) is 4.45. The zero-order chi connectivity index (χ0) is 30.0. The number of carbonyl (C=O) groups excluding carboxylic acids is 3. The first-order chi connectivity index (χ1) is 20.8. The van der Waals surface area contributed by atoms with Crippen LogP contribution in [0.15, 0.2) is 96.1 Å². The minimum Gasteiger partial charge on any atom is -0.398 e. The van der Waals surface area contributed by atoms with E-state index in [-0.39, 0.29) is 22.6 Å². The lowest BCUT2D eigenvalue weighted by Gasteiger charge is -2.52. The molecule has 3 aliphatic carbocycles. The zero-order valence-electron chi connectivity index (χ0n) is 22.9. The molecule has 0 aromatic heterocycles. The standard InChI is InChI=1S/C33H25N5O5/c1-18-14-15-25(26(16-18)38(42)43)37-31(40)28-27-19-8-2-5-11-22(19)33(29(28)32(37)41,23-12-6-3-9-20(23)27)17-35-36-30(39)21-10-4-7-13-24(21)34/h2-17,27-29H,34H2,1H3,(H,36,39)/b35-17-/t27?,28-,29+,33?/m1/s1. The van der Waals surface area contributed by atoms with E-state index >= 15 is 0 Å². The van der Waals surface area contributed by atoms with Gasteiger partial charge in [0.05, 0.1) is 27.7 Å². The molecule has 43 heavy (non-hydrogen) atoms. The Kier molecular flexibility index (Phi) is 5.77. The van der Waals surface area contributed by atoms with Crippen molar-refractivity contribution in [1.82, 2.24) is 5.43 Å². The number of carbonyl (C=O) groups is 3. The first kappa shape index (κ1) is 26.3. The molecule has 3 N–H and O–H groups in total. The van der Waals surface area contributed by atoms with Crippen LogP contribution in [0, 0.1) is 28.9 Å². The fourth-order valence-electron chi connectivity index (χ4n) is 7.21. The van der Waals surface area contributed by atoms with Crippen molar-refractivity contribution in [2.75, 3.05) is 10.6 Å². The van der Waals surface area contributed by atoms with Gasteiger partial charge >= 0.3 is 0 Å². The normalized spacial score (nSPS) is 23.2. The molecule has 0 spiro atoms. The Balaban J connectivity index is 1.42. The molecule has 4 aliphatic rings. The number of hydrazone groups is 1. The third kappa shape index (κ3) is 3.59. The smallest absolute Gasteiger partial charge is 0.293 e. The van der Waals surface area contributed by atoms with Crippen molar-refractivity contribution in [3.63, 3.8) is 0 Å². The minimum atomic E-state index is -1.25. The van der Waals surface area contributed by atoms with Gasteiger partial charge in [-0.2, -0.15) is 5.10 Å². The highest BCUT2D eigenvalue weighted by Gasteiger charge is 2.68. The molecular weight excluding hydrogens is 546 g/mol. The van der Waals surface area contributed by atoms with Gasteiger partial charge in [-0.1, -0.05) is 66.7 Å². The summed E-state index contributed by atoms with van der Waals surface area (Å²) in [6.45, 7) is 1.71. The third-order valence-corrected chi connectivity index (χ3v) is 8.89. The van der Waals surface area contributed by atoms with Crippen LogP contribution in [0.1, 0.15) is 44.1 Å². The monoisotopic (exact) mass is 571 g/mol. The van der Waals surface area contributed by atoms with E-state index in [0.717, 1.165) is 27.2 Å². The largest absolute Gasteiger partial charge is 0.398 e. The zero-order valence-corrected chi connectivity index (χ0v) is 22.9. The lowest BCUT2D eigenvalue weighted by Crippen LogP contribution is -2.54. The number of nitrogens with zero attached hydrogens (tertiary/aromatic N) is 3. The molecular formula is C33H25N5O5. The van der Waals surface area contributed by atoms with Gasteiger partial charge < -0.3 is 5.73 Å². The van der Waals surface area contributed by atoms with Gasteiger partial charge in [0.1, 0.15) is 5.69 Å². The highest BCUT2D eigenvalue weighted by atomic mass is 16.6. The van der Waals surface area contributed by atoms with Crippen LogP contribution in [0.2, 0.25) is 0 Å².